The molecule has 5 heteroatoms. The first-order valence-corrected chi connectivity index (χ1v) is 7.11. The van der Waals surface area contributed by atoms with E-state index >= 15 is 0 Å². The van der Waals surface area contributed by atoms with Crippen LogP contribution in [0.25, 0.3) is 11.0 Å². The maximum atomic E-state index is 6.02. The molecule has 0 atom stereocenters. The summed E-state index contributed by atoms with van der Waals surface area (Å²) < 4.78 is 5.33. The Labute approximate surface area is 128 Å². The lowest BCUT2D eigenvalue weighted by atomic mass is 10.2. The average molecular weight is 302 g/mol. The van der Waals surface area contributed by atoms with E-state index in [4.69, 9.17) is 16.3 Å². The molecule has 2 N–H and O–H groups in total. The van der Waals surface area contributed by atoms with Crippen molar-refractivity contribution in [1.82, 2.24) is 15.3 Å². The lowest BCUT2D eigenvalue weighted by Crippen LogP contribution is -2.14. The number of aromatic amines is 1. The number of hydrogen-bond donors (Lipinski definition) is 2. The number of imidazole rings is 1. The Balaban J connectivity index is 1.67. The predicted molar refractivity (Wildman–Crippen MR) is 84.6 cm³/mol. The summed E-state index contributed by atoms with van der Waals surface area (Å²) in [5, 5.41) is 4.05. The second-order valence-electron chi connectivity index (χ2n) is 4.76. The number of halogens is 1. The molecule has 0 saturated carbocycles. The summed E-state index contributed by atoms with van der Waals surface area (Å²) in [5.74, 6) is 1.74. The summed E-state index contributed by atoms with van der Waals surface area (Å²) in [6.45, 7) is 1.32. The number of methoxy groups -OCH3 is 1. The van der Waals surface area contributed by atoms with Crippen molar-refractivity contribution in [3.8, 4) is 5.75 Å². The Morgan fingerprint density at radius 2 is 2.05 bits per heavy atom. The smallest absolute Gasteiger partial charge is 0.123 e. The van der Waals surface area contributed by atoms with Crippen LogP contribution in [0.5, 0.6) is 5.75 Å². The van der Waals surface area contributed by atoms with Crippen molar-refractivity contribution in [2.45, 2.75) is 13.1 Å². The van der Waals surface area contributed by atoms with Gasteiger partial charge in [-0.2, -0.15) is 0 Å². The third kappa shape index (κ3) is 3.17. The van der Waals surface area contributed by atoms with Crippen molar-refractivity contribution >= 4 is 22.6 Å². The van der Waals surface area contributed by atoms with Gasteiger partial charge < -0.3 is 15.0 Å². The Kier molecular flexibility index (Phi) is 4.08. The fourth-order valence-corrected chi connectivity index (χ4v) is 2.48. The lowest BCUT2D eigenvalue weighted by Gasteiger charge is -2.09. The van der Waals surface area contributed by atoms with Gasteiger partial charge in [0.15, 0.2) is 0 Å². The van der Waals surface area contributed by atoms with Crippen LogP contribution < -0.4 is 10.1 Å². The molecule has 0 fully saturated rings. The van der Waals surface area contributed by atoms with E-state index in [-0.39, 0.29) is 0 Å². The van der Waals surface area contributed by atoms with Crippen molar-refractivity contribution in [3.05, 3.63) is 58.9 Å². The molecule has 0 aliphatic heterocycles. The second kappa shape index (κ2) is 6.16. The second-order valence-corrected chi connectivity index (χ2v) is 5.20. The average Bonchev–Trinajstić information content (AvgIpc) is 2.90. The molecule has 4 nitrogen and oxygen atoms in total. The van der Waals surface area contributed by atoms with E-state index < -0.39 is 0 Å². The summed E-state index contributed by atoms with van der Waals surface area (Å²) in [6.07, 6.45) is 0. The number of H-pyrrole nitrogens is 1. The van der Waals surface area contributed by atoms with Crippen LogP contribution in [0.15, 0.2) is 42.5 Å². The van der Waals surface area contributed by atoms with Gasteiger partial charge in [-0.05, 0) is 30.3 Å². The summed E-state index contributed by atoms with van der Waals surface area (Å²) in [6, 6.07) is 13.6. The first-order valence-electron chi connectivity index (χ1n) is 6.73. The van der Waals surface area contributed by atoms with Crippen molar-refractivity contribution in [1.29, 1.82) is 0 Å². The number of fused-ring (bicyclic) bond motifs is 1. The van der Waals surface area contributed by atoms with Gasteiger partial charge in [-0.15, -0.1) is 0 Å². The van der Waals surface area contributed by atoms with Crippen molar-refractivity contribution in [2.75, 3.05) is 7.11 Å². The van der Waals surface area contributed by atoms with Gasteiger partial charge in [0.2, 0.25) is 0 Å². The Morgan fingerprint density at radius 3 is 2.86 bits per heavy atom. The zero-order valence-electron chi connectivity index (χ0n) is 11.7. The van der Waals surface area contributed by atoms with Gasteiger partial charge in [-0.1, -0.05) is 23.7 Å². The zero-order valence-corrected chi connectivity index (χ0v) is 12.4. The van der Waals surface area contributed by atoms with Gasteiger partial charge in [0.05, 0.1) is 24.7 Å². The number of benzene rings is 2. The minimum atomic E-state index is 0.657. The van der Waals surface area contributed by atoms with Crippen molar-refractivity contribution in [3.63, 3.8) is 0 Å². The number of para-hydroxylation sites is 2. The first kappa shape index (κ1) is 13.9. The number of hydrogen-bond acceptors (Lipinski definition) is 3. The normalized spacial score (nSPS) is 11.0. The van der Waals surface area contributed by atoms with Crippen LogP contribution >= 0.6 is 11.6 Å². The highest BCUT2D eigenvalue weighted by molar-refractivity contribution is 6.30. The molecule has 0 unspecified atom stereocenters. The Morgan fingerprint density at radius 1 is 1.19 bits per heavy atom. The molecule has 0 bridgehead atoms. The van der Waals surface area contributed by atoms with Crippen molar-refractivity contribution < 1.29 is 4.74 Å². The van der Waals surface area contributed by atoms with Crippen LogP contribution in [0.2, 0.25) is 5.02 Å². The molecule has 0 spiro atoms. The van der Waals surface area contributed by atoms with Crippen LogP contribution in [0.1, 0.15) is 11.4 Å². The predicted octanol–water partition coefficient (Wildman–Crippen LogP) is 3.51. The molecule has 1 heterocycles. The molecular formula is C16H16ClN3O. The zero-order chi connectivity index (χ0) is 14.7. The Hall–Kier alpha value is -2.04. The molecule has 2 aromatic carbocycles. The topological polar surface area (TPSA) is 49.9 Å². The van der Waals surface area contributed by atoms with Gasteiger partial charge in [0.25, 0.3) is 0 Å². The van der Waals surface area contributed by atoms with E-state index in [0.717, 1.165) is 28.2 Å². The van der Waals surface area contributed by atoms with E-state index in [2.05, 4.69) is 15.3 Å². The van der Waals surface area contributed by atoms with Crippen LogP contribution in [0.3, 0.4) is 0 Å². The van der Waals surface area contributed by atoms with Crippen molar-refractivity contribution in [2.24, 2.45) is 0 Å². The fourth-order valence-electron chi connectivity index (χ4n) is 2.29. The molecule has 3 rings (SSSR count). The Bertz CT molecular complexity index is 721. The number of nitrogens with zero attached hydrogens (tertiary/aromatic N) is 1. The van der Waals surface area contributed by atoms with Crippen LogP contribution in [-0.4, -0.2) is 17.1 Å². The number of aromatic nitrogens is 2. The van der Waals surface area contributed by atoms with Gasteiger partial charge in [-0.3, -0.25) is 0 Å². The van der Waals surface area contributed by atoms with Gasteiger partial charge in [0.1, 0.15) is 11.6 Å². The van der Waals surface area contributed by atoms with Crippen LogP contribution in [0.4, 0.5) is 0 Å². The number of rotatable bonds is 5. The molecule has 0 saturated heterocycles. The van der Waals surface area contributed by atoms with E-state index in [1.807, 2.05) is 42.5 Å². The minimum Gasteiger partial charge on any atom is -0.496 e. The van der Waals surface area contributed by atoms with Gasteiger partial charge >= 0.3 is 0 Å². The summed E-state index contributed by atoms with van der Waals surface area (Å²) in [7, 11) is 1.66. The van der Waals surface area contributed by atoms with Gasteiger partial charge in [-0.25, -0.2) is 4.98 Å². The largest absolute Gasteiger partial charge is 0.496 e. The molecule has 0 amide bonds. The highest BCUT2D eigenvalue weighted by atomic mass is 35.5. The van der Waals surface area contributed by atoms with E-state index in [1.54, 1.807) is 7.11 Å². The fraction of sp³-hybridized carbons (Fsp3) is 0.188. The standard InChI is InChI=1S/C16H16ClN3O/c1-21-15-7-6-12(17)8-11(15)9-18-10-16-19-13-4-2-3-5-14(13)20-16/h2-8,18H,9-10H2,1H3,(H,19,20). The maximum Gasteiger partial charge on any atom is 0.123 e. The molecule has 1 aromatic heterocycles. The SMILES string of the molecule is COc1ccc(Cl)cc1CNCc1nc2ccccc2[nH]1. The van der Waals surface area contributed by atoms with Gasteiger partial charge in [0, 0.05) is 17.1 Å². The van der Waals surface area contributed by atoms with E-state index in [1.165, 1.54) is 0 Å². The highest BCUT2D eigenvalue weighted by Crippen LogP contribution is 2.22. The number of ether oxygens (including phenoxy) is 1. The molecule has 21 heavy (non-hydrogen) atoms. The molecule has 0 aliphatic carbocycles. The first-order chi connectivity index (χ1) is 10.3. The molecule has 108 valence electrons. The molecule has 3 aromatic rings. The van der Waals surface area contributed by atoms with Crippen LogP contribution in [0, 0.1) is 0 Å². The van der Waals surface area contributed by atoms with E-state index in [9.17, 15) is 0 Å². The lowest BCUT2D eigenvalue weighted by molar-refractivity contribution is 0.407. The molecule has 0 radical (unpaired) electrons. The third-order valence-corrected chi connectivity index (χ3v) is 3.52. The van der Waals surface area contributed by atoms with Crippen LogP contribution in [-0.2, 0) is 13.1 Å². The maximum absolute atomic E-state index is 6.02. The summed E-state index contributed by atoms with van der Waals surface area (Å²) in [4.78, 5) is 7.82. The quantitative estimate of drug-likeness (QED) is 0.758. The highest BCUT2D eigenvalue weighted by Gasteiger charge is 2.05. The monoisotopic (exact) mass is 301 g/mol. The summed E-state index contributed by atoms with van der Waals surface area (Å²) in [5.41, 5.74) is 3.06. The molecule has 0 aliphatic rings. The molecular weight excluding hydrogens is 286 g/mol. The summed E-state index contributed by atoms with van der Waals surface area (Å²) >= 11 is 6.02. The third-order valence-electron chi connectivity index (χ3n) is 3.29. The number of nitrogens with one attached hydrogen (secondary N) is 2. The minimum absolute atomic E-state index is 0.657. The van der Waals surface area contributed by atoms with E-state index in [0.29, 0.717) is 18.1 Å².